The summed E-state index contributed by atoms with van der Waals surface area (Å²) >= 11 is 1.70. The third-order valence-corrected chi connectivity index (χ3v) is 5.33. The van der Waals surface area contributed by atoms with Crippen LogP contribution in [0.3, 0.4) is 0 Å². The highest BCUT2D eigenvalue weighted by atomic mass is 127. The summed E-state index contributed by atoms with van der Waals surface area (Å²) in [6.45, 7) is 1.99. The zero-order valence-corrected chi connectivity index (χ0v) is 10.7. The molecule has 11 heavy (non-hydrogen) atoms. The van der Waals surface area contributed by atoms with E-state index in [4.69, 9.17) is 0 Å². The smallest absolute Gasteiger partial charge is 0.308 e. The first-order valence-electron chi connectivity index (χ1n) is 2.71. The molecule has 0 bridgehead atoms. The lowest BCUT2D eigenvalue weighted by Crippen LogP contribution is -3.00. The largest absolute Gasteiger partial charge is 1.00 e. The Morgan fingerprint density at radius 3 is 2.55 bits per heavy atom. The number of hydrogen-bond donors (Lipinski definition) is 0. The van der Waals surface area contributed by atoms with E-state index in [1.54, 1.807) is 32.4 Å². The van der Waals surface area contributed by atoms with Crippen LogP contribution >= 0.6 is 32.4 Å². The Hall–Kier alpha value is 0.800. The standard InChI is InChI=1S/C6H7OS3.HI/c1-4-5(3-7)9-10-6(4)8-2;/h3H,1-2H3;1H/q+1;/p-1. The summed E-state index contributed by atoms with van der Waals surface area (Å²) in [6, 6.07) is 0. The topological polar surface area (TPSA) is 17.1 Å². The Labute approximate surface area is 94.6 Å². The van der Waals surface area contributed by atoms with Gasteiger partial charge in [0.05, 0.1) is 0 Å². The van der Waals surface area contributed by atoms with E-state index in [1.165, 1.54) is 4.21 Å². The zero-order chi connectivity index (χ0) is 7.56. The fraction of sp³-hybridized carbons (Fsp3) is 0.333. The number of carbonyl (C=O) groups excluding carboxylic acids is 1. The molecule has 0 saturated carbocycles. The minimum Gasteiger partial charge on any atom is -1.00 e. The molecule has 0 atom stereocenters. The second-order valence-corrected chi connectivity index (χ2v) is 5.02. The average Bonchev–Trinajstić information content (AvgIpc) is 2.30. The van der Waals surface area contributed by atoms with E-state index >= 15 is 0 Å². The summed E-state index contributed by atoms with van der Waals surface area (Å²) in [4.78, 5) is 11.2. The van der Waals surface area contributed by atoms with E-state index in [0.717, 1.165) is 16.7 Å². The molecule has 1 rings (SSSR count). The Morgan fingerprint density at radius 1 is 1.64 bits per heavy atom. The van der Waals surface area contributed by atoms with Crippen LogP contribution in [-0.4, -0.2) is 12.5 Å². The molecule has 1 aromatic rings. The van der Waals surface area contributed by atoms with Gasteiger partial charge in [0.15, 0.2) is 16.6 Å². The number of hydrogen-bond acceptors (Lipinski definition) is 3. The minimum atomic E-state index is 0. The molecule has 0 unspecified atom stereocenters. The number of thioether (sulfide) groups is 1. The van der Waals surface area contributed by atoms with Gasteiger partial charge in [0.1, 0.15) is 4.88 Å². The van der Waals surface area contributed by atoms with Crippen LogP contribution in [0.5, 0.6) is 0 Å². The molecule has 1 aromatic heterocycles. The van der Waals surface area contributed by atoms with E-state index in [-0.39, 0.29) is 24.0 Å². The third kappa shape index (κ3) is 2.64. The molecular formula is C6H7IOS3. The molecular weight excluding hydrogens is 311 g/mol. The first-order valence-corrected chi connectivity index (χ1v) is 6.09. The molecule has 0 aliphatic heterocycles. The van der Waals surface area contributed by atoms with Crippen molar-refractivity contribution in [2.24, 2.45) is 0 Å². The van der Waals surface area contributed by atoms with E-state index in [0.29, 0.717) is 0 Å². The van der Waals surface area contributed by atoms with Gasteiger partial charge in [0.25, 0.3) is 4.21 Å². The van der Waals surface area contributed by atoms with Crippen LogP contribution < -0.4 is 24.0 Å². The van der Waals surface area contributed by atoms with Gasteiger partial charge in [-0.3, -0.25) is 4.79 Å². The van der Waals surface area contributed by atoms with Gasteiger partial charge in [-0.2, -0.15) is 0 Å². The van der Waals surface area contributed by atoms with Crippen molar-refractivity contribution in [1.82, 2.24) is 0 Å². The van der Waals surface area contributed by atoms with Gasteiger partial charge < -0.3 is 24.0 Å². The summed E-state index contributed by atoms with van der Waals surface area (Å²) in [5.74, 6) is 0. The number of carbonyl (C=O) groups is 1. The zero-order valence-electron chi connectivity index (χ0n) is 6.09. The molecule has 0 aromatic carbocycles. The van der Waals surface area contributed by atoms with E-state index < -0.39 is 0 Å². The highest BCUT2D eigenvalue weighted by molar-refractivity contribution is 8.02. The lowest BCUT2D eigenvalue weighted by atomic mass is 10.3. The maximum Gasteiger partial charge on any atom is 0.308 e. The number of halogens is 1. The van der Waals surface area contributed by atoms with Crippen molar-refractivity contribution in [3.05, 3.63) is 10.4 Å². The van der Waals surface area contributed by atoms with E-state index in [2.05, 4.69) is 0 Å². The van der Waals surface area contributed by atoms with Crippen LogP contribution in [0.15, 0.2) is 4.21 Å². The predicted octanol–water partition coefficient (Wildman–Crippen LogP) is -0.0625. The van der Waals surface area contributed by atoms with Crippen molar-refractivity contribution >= 4 is 38.7 Å². The van der Waals surface area contributed by atoms with Crippen molar-refractivity contribution in [2.45, 2.75) is 11.1 Å². The second-order valence-electron chi connectivity index (χ2n) is 1.77. The summed E-state index contributed by atoms with van der Waals surface area (Å²) in [5, 5.41) is 0. The van der Waals surface area contributed by atoms with E-state index in [9.17, 15) is 4.79 Å². The summed E-state index contributed by atoms with van der Waals surface area (Å²) in [6.07, 6.45) is 2.95. The summed E-state index contributed by atoms with van der Waals surface area (Å²) in [5.41, 5.74) is 1.14. The fourth-order valence-electron chi connectivity index (χ4n) is 0.603. The Morgan fingerprint density at radius 2 is 2.27 bits per heavy atom. The Balaban J connectivity index is 0.000001000. The molecule has 0 radical (unpaired) electrons. The van der Waals surface area contributed by atoms with Gasteiger partial charge >= 0.3 is 10.3 Å². The van der Waals surface area contributed by atoms with Crippen LogP contribution in [0.25, 0.3) is 0 Å². The lowest BCUT2D eigenvalue weighted by Gasteiger charge is -1.80. The van der Waals surface area contributed by atoms with Crippen LogP contribution in [-0.2, 0) is 0 Å². The lowest BCUT2D eigenvalue weighted by molar-refractivity contribution is -0.00000853. The van der Waals surface area contributed by atoms with Crippen molar-refractivity contribution in [3.8, 4) is 0 Å². The Kier molecular flexibility index (Phi) is 5.84. The SMILES string of the molecule is CSc1[s+]sc(C=O)c1C.[I-]. The molecule has 0 N–H and O–H groups in total. The quantitative estimate of drug-likeness (QED) is 0.250. The molecule has 1 heterocycles. The summed E-state index contributed by atoms with van der Waals surface area (Å²) in [7, 11) is 3.23. The molecule has 0 spiro atoms. The van der Waals surface area contributed by atoms with Gasteiger partial charge in [-0.25, -0.2) is 0 Å². The van der Waals surface area contributed by atoms with Crippen molar-refractivity contribution < 1.29 is 28.8 Å². The van der Waals surface area contributed by atoms with Gasteiger partial charge in [-0.15, -0.1) is 0 Å². The van der Waals surface area contributed by atoms with Crippen LogP contribution in [0.4, 0.5) is 0 Å². The highest BCUT2D eigenvalue weighted by Crippen LogP contribution is 2.33. The van der Waals surface area contributed by atoms with Gasteiger partial charge in [0, 0.05) is 5.56 Å². The summed E-state index contributed by atoms with van der Waals surface area (Å²) < 4.78 is 1.26. The molecule has 0 fully saturated rings. The first kappa shape index (κ1) is 11.8. The first-order chi connectivity index (χ1) is 4.79. The predicted molar refractivity (Wildman–Crippen MR) is 48.5 cm³/mol. The maximum atomic E-state index is 10.4. The Bertz CT molecular complexity index is 246. The molecule has 0 saturated heterocycles. The maximum absolute atomic E-state index is 10.4. The van der Waals surface area contributed by atoms with E-state index in [1.807, 2.05) is 13.2 Å². The average molecular weight is 318 g/mol. The highest BCUT2D eigenvalue weighted by Gasteiger charge is 2.18. The van der Waals surface area contributed by atoms with Gasteiger partial charge in [0.2, 0.25) is 0 Å². The van der Waals surface area contributed by atoms with Crippen molar-refractivity contribution in [2.75, 3.05) is 6.26 Å². The second kappa shape index (κ2) is 5.45. The monoisotopic (exact) mass is 318 g/mol. The minimum absolute atomic E-state index is 0. The van der Waals surface area contributed by atoms with Crippen molar-refractivity contribution in [1.29, 1.82) is 0 Å². The van der Waals surface area contributed by atoms with Crippen LogP contribution in [0.1, 0.15) is 15.2 Å². The third-order valence-electron chi connectivity index (χ3n) is 1.18. The van der Waals surface area contributed by atoms with Crippen LogP contribution in [0, 0.1) is 6.92 Å². The molecule has 62 valence electrons. The molecule has 5 heteroatoms. The molecule has 0 aliphatic carbocycles. The normalized spacial score (nSPS) is 8.91. The van der Waals surface area contributed by atoms with Crippen LogP contribution in [0.2, 0.25) is 0 Å². The van der Waals surface area contributed by atoms with Gasteiger partial charge in [-0.1, -0.05) is 11.8 Å². The number of rotatable bonds is 2. The molecule has 1 nitrogen and oxygen atoms in total. The molecule has 0 amide bonds. The van der Waals surface area contributed by atoms with Gasteiger partial charge in [-0.05, 0) is 13.2 Å². The fourth-order valence-corrected chi connectivity index (χ4v) is 4.37. The van der Waals surface area contributed by atoms with Crippen molar-refractivity contribution in [3.63, 3.8) is 0 Å². The molecule has 0 aliphatic rings. The number of aldehydes is 1.